The fourth-order valence-electron chi connectivity index (χ4n) is 2.81. The van der Waals surface area contributed by atoms with Crippen molar-refractivity contribution in [2.75, 3.05) is 31.1 Å². The van der Waals surface area contributed by atoms with E-state index in [0.29, 0.717) is 43.4 Å². The van der Waals surface area contributed by atoms with Gasteiger partial charge in [-0.05, 0) is 29.8 Å². The van der Waals surface area contributed by atoms with Crippen molar-refractivity contribution in [3.8, 4) is 5.75 Å². The van der Waals surface area contributed by atoms with Gasteiger partial charge in [0.05, 0.1) is 12.2 Å². The Kier molecular flexibility index (Phi) is 7.01. The zero-order valence-corrected chi connectivity index (χ0v) is 16.4. The van der Waals surface area contributed by atoms with Gasteiger partial charge in [-0.2, -0.15) is 0 Å². The van der Waals surface area contributed by atoms with Gasteiger partial charge in [0.1, 0.15) is 5.82 Å². The zero-order chi connectivity index (χ0) is 17.8. The minimum absolute atomic E-state index is 0. The first-order valence-electron chi connectivity index (χ1n) is 8.06. The minimum Gasteiger partial charge on any atom is -0.505 e. The van der Waals surface area contributed by atoms with Gasteiger partial charge in [-0.25, -0.2) is 13.8 Å². The number of aliphatic imine (C=N–C) groups is 1. The molecule has 26 heavy (non-hydrogen) atoms. The van der Waals surface area contributed by atoms with E-state index in [0.717, 1.165) is 0 Å². The first-order chi connectivity index (χ1) is 12.0. The van der Waals surface area contributed by atoms with Crippen molar-refractivity contribution in [3.63, 3.8) is 0 Å². The molecule has 1 heterocycles. The maximum Gasteiger partial charge on any atom is 0.191 e. The van der Waals surface area contributed by atoms with Crippen LogP contribution < -0.4 is 10.6 Å². The van der Waals surface area contributed by atoms with E-state index in [-0.39, 0.29) is 42.1 Å². The molecule has 0 bridgehead atoms. The highest BCUT2D eigenvalue weighted by atomic mass is 127. The van der Waals surface area contributed by atoms with Crippen LogP contribution in [0.15, 0.2) is 47.5 Å². The van der Waals surface area contributed by atoms with Gasteiger partial charge in [0.25, 0.3) is 0 Å². The van der Waals surface area contributed by atoms with Gasteiger partial charge in [-0.3, -0.25) is 0 Å². The van der Waals surface area contributed by atoms with Gasteiger partial charge in [0.15, 0.2) is 17.5 Å². The molecule has 1 aliphatic heterocycles. The predicted molar refractivity (Wildman–Crippen MR) is 109 cm³/mol. The molecule has 0 aromatic heterocycles. The highest BCUT2D eigenvalue weighted by molar-refractivity contribution is 14.0. The predicted octanol–water partition coefficient (Wildman–Crippen LogP) is 2.93. The second kappa shape index (κ2) is 9.02. The molecule has 2 aromatic rings. The highest BCUT2D eigenvalue weighted by Gasteiger charge is 2.20. The summed E-state index contributed by atoms with van der Waals surface area (Å²) in [5, 5.41) is 9.19. The van der Waals surface area contributed by atoms with Gasteiger partial charge in [0.2, 0.25) is 0 Å². The van der Waals surface area contributed by atoms with Crippen LogP contribution in [-0.4, -0.2) is 42.1 Å². The number of para-hydroxylation sites is 1. The lowest BCUT2D eigenvalue weighted by molar-refractivity contribution is 0.378. The van der Waals surface area contributed by atoms with E-state index < -0.39 is 5.82 Å². The number of benzene rings is 2. The van der Waals surface area contributed by atoms with Crippen LogP contribution in [0.1, 0.15) is 5.56 Å². The smallest absolute Gasteiger partial charge is 0.191 e. The highest BCUT2D eigenvalue weighted by Crippen LogP contribution is 2.20. The number of aromatic hydroxyl groups is 1. The largest absolute Gasteiger partial charge is 0.505 e. The van der Waals surface area contributed by atoms with Crippen molar-refractivity contribution >= 4 is 35.6 Å². The molecular formula is C18H21F2IN4O. The monoisotopic (exact) mass is 474 g/mol. The molecule has 0 radical (unpaired) electrons. The molecule has 0 saturated carbocycles. The first kappa shape index (κ1) is 20.2. The van der Waals surface area contributed by atoms with E-state index in [9.17, 15) is 13.9 Å². The topological polar surface area (TPSA) is 65.1 Å². The van der Waals surface area contributed by atoms with Gasteiger partial charge >= 0.3 is 0 Å². The average Bonchev–Trinajstić information content (AvgIpc) is 2.63. The van der Waals surface area contributed by atoms with Crippen LogP contribution >= 0.6 is 24.0 Å². The zero-order valence-electron chi connectivity index (χ0n) is 14.1. The number of piperazine rings is 1. The van der Waals surface area contributed by atoms with Gasteiger partial charge < -0.3 is 20.6 Å². The third kappa shape index (κ3) is 4.75. The summed E-state index contributed by atoms with van der Waals surface area (Å²) in [4.78, 5) is 8.19. The fraction of sp³-hybridized carbons (Fsp3) is 0.278. The quantitative estimate of drug-likeness (QED) is 0.408. The summed E-state index contributed by atoms with van der Waals surface area (Å²) >= 11 is 0. The number of hydrogen-bond donors (Lipinski definition) is 2. The Labute approximate surface area is 168 Å². The molecule has 0 spiro atoms. The average molecular weight is 474 g/mol. The van der Waals surface area contributed by atoms with E-state index in [1.54, 1.807) is 18.2 Å². The number of rotatable bonds is 3. The van der Waals surface area contributed by atoms with Crippen molar-refractivity contribution < 1.29 is 13.9 Å². The summed E-state index contributed by atoms with van der Waals surface area (Å²) in [6.45, 7) is 2.79. The molecule has 1 saturated heterocycles. The maximum atomic E-state index is 13.8. The second-order valence-corrected chi connectivity index (χ2v) is 5.89. The van der Waals surface area contributed by atoms with Crippen LogP contribution in [0.4, 0.5) is 14.5 Å². The molecule has 1 aliphatic rings. The van der Waals surface area contributed by atoms with Crippen LogP contribution in [0.3, 0.4) is 0 Å². The number of hydrogen-bond acceptors (Lipinski definition) is 3. The lowest BCUT2D eigenvalue weighted by Crippen LogP contribution is -2.51. The van der Waals surface area contributed by atoms with Crippen LogP contribution in [0.5, 0.6) is 5.75 Å². The second-order valence-electron chi connectivity index (χ2n) is 5.89. The lowest BCUT2D eigenvalue weighted by atomic mass is 10.2. The Balaban J connectivity index is 0.00000243. The molecule has 2 aromatic carbocycles. The SMILES string of the molecule is I.NC(=NCc1ccc(O)c(F)c1)N1CCN(c2ccccc2F)CC1. The summed E-state index contributed by atoms with van der Waals surface area (Å²) in [6.07, 6.45) is 0. The summed E-state index contributed by atoms with van der Waals surface area (Å²) in [5.41, 5.74) is 7.24. The van der Waals surface area contributed by atoms with Crippen molar-refractivity contribution in [1.82, 2.24) is 4.90 Å². The van der Waals surface area contributed by atoms with Crippen LogP contribution in [0, 0.1) is 11.6 Å². The summed E-state index contributed by atoms with van der Waals surface area (Å²) in [5.74, 6) is -0.914. The molecular weight excluding hydrogens is 453 g/mol. The molecule has 8 heteroatoms. The molecule has 3 rings (SSSR count). The normalized spacial score (nSPS) is 14.9. The Morgan fingerprint density at radius 1 is 1.04 bits per heavy atom. The molecule has 3 N–H and O–H groups in total. The molecule has 140 valence electrons. The third-order valence-corrected chi connectivity index (χ3v) is 4.23. The molecule has 0 amide bonds. The first-order valence-corrected chi connectivity index (χ1v) is 8.06. The molecule has 0 aliphatic carbocycles. The maximum absolute atomic E-state index is 13.8. The molecule has 0 atom stereocenters. The summed E-state index contributed by atoms with van der Waals surface area (Å²) in [7, 11) is 0. The number of phenolic OH excluding ortho intramolecular Hbond substituents is 1. The number of halogens is 3. The number of nitrogens with zero attached hydrogens (tertiary/aromatic N) is 3. The Hall–Kier alpha value is -2.10. The molecule has 5 nitrogen and oxygen atoms in total. The molecule has 0 unspecified atom stereocenters. The summed E-state index contributed by atoms with van der Waals surface area (Å²) in [6, 6.07) is 10.8. The van der Waals surface area contributed by atoms with Gasteiger partial charge in [0, 0.05) is 26.2 Å². The minimum atomic E-state index is -0.676. The van der Waals surface area contributed by atoms with Crippen LogP contribution in [-0.2, 0) is 6.54 Å². The van der Waals surface area contributed by atoms with Crippen molar-refractivity contribution in [2.24, 2.45) is 10.7 Å². The van der Waals surface area contributed by atoms with E-state index in [1.807, 2.05) is 15.9 Å². The Bertz CT molecular complexity index is 780. The number of nitrogens with two attached hydrogens (primary N) is 1. The van der Waals surface area contributed by atoms with Crippen molar-refractivity contribution in [1.29, 1.82) is 0 Å². The lowest BCUT2D eigenvalue weighted by Gasteiger charge is -2.36. The number of guanidine groups is 1. The Morgan fingerprint density at radius 2 is 1.73 bits per heavy atom. The van der Waals surface area contributed by atoms with Crippen LogP contribution in [0.2, 0.25) is 0 Å². The van der Waals surface area contributed by atoms with E-state index in [1.165, 1.54) is 18.2 Å². The number of anilines is 1. The van der Waals surface area contributed by atoms with Gasteiger partial charge in [-0.15, -0.1) is 24.0 Å². The fourth-order valence-corrected chi connectivity index (χ4v) is 2.81. The summed E-state index contributed by atoms with van der Waals surface area (Å²) < 4.78 is 27.2. The van der Waals surface area contributed by atoms with Crippen molar-refractivity contribution in [3.05, 3.63) is 59.7 Å². The van der Waals surface area contributed by atoms with Crippen LogP contribution in [0.25, 0.3) is 0 Å². The Morgan fingerprint density at radius 3 is 2.38 bits per heavy atom. The van der Waals surface area contributed by atoms with E-state index in [4.69, 9.17) is 5.73 Å². The van der Waals surface area contributed by atoms with E-state index >= 15 is 0 Å². The van der Waals surface area contributed by atoms with E-state index in [2.05, 4.69) is 4.99 Å². The number of phenols is 1. The molecule has 1 fully saturated rings. The van der Waals surface area contributed by atoms with Gasteiger partial charge in [-0.1, -0.05) is 18.2 Å². The van der Waals surface area contributed by atoms with Crippen molar-refractivity contribution in [2.45, 2.75) is 6.54 Å². The standard InChI is InChI=1S/C18H20F2N4O.HI/c19-14-3-1-2-4-16(14)23-7-9-24(10-8-23)18(21)22-12-13-5-6-17(25)15(20)11-13;/h1-6,11,25H,7-10,12H2,(H2,21,22);1H. The third-order valence-electron chi connectivity index (χ3n) is 4.23.